The number of hydrogen-bond donors (Lipinski definition) is 1. The van der Waals surface area contributed by atoms with Gasteiger partial charge in [-0.3, -0.25) is 4.68 Å². The van der Waals surface area contributed by atoms with Crippen molar-refractivity contribution in [3.8, 4) is 0 Å². The molecule has 0 aliphatic carbocycles. The molecule has 0 saturated carbocycles. The molecule has 1 aliphatic rings. The minimum absolute atomic E-state index is 0.181. The van der Waals surface area contributed by atoms with Gasteiger partial charge in [0.05, 0.1) is 23.3 Å². The largest absolute Gasteiger partial charge is 0.396 e. The quantitative estimate of drug-likeness (QED) is 0.897. The van der Waals surface area contributed by atoms with Gasteiger partial charge in [-0.15, -0.1) is 5.06 Å². The molecule has 20 heavy (non-hydrogen) atoms. The predicted octanol–water partition coefficient (Wildman–Crippen LogP) is 2.00. The molecular weight excluding hydrogens is 256 g/mol. The number of hydrogen-bond acceptors (Lipinski definition) is 5. The van der Waals surface area contributed by atoms with E-state index in [4.69, 9.17) is 10.6 Å². The fourth-order valence-corrected chi connectivity index (χ4v) is 2.21. The van der Waals surface area contributed by atoms with Crippen LogP contribution in [0.2, 0.25) is 0 Å². The number of nitrogens with two attached hydrogens (primary N) is 1. The molecule has 2 N–H and O–H groups in total. The highest BCUT2D eigenvalue weighted by Gasteiger charge is 2.27. The van der Waals surface area contributed by atoms with Gasteiger partial charge in [-0.05, 0) is 40.0 Å². The third-order valence-corrected chi connectivity index (χ3v) is 3.48. The van der Waals surface area contributed by atoms with E-state index in [-0.39, 0.29) is 5.97 Å². The van der Waals surface area contributed by atoms with Crippen molar-refractivity contribution in [3.05, 3.63) is 12.4 Å². The molecule has 1 fully saturated rings. The monoisotopic (exact) mass is 280 g/mol. The lowest BCUT2D eigenvalue weighted by Gasteiger charge is -2.24. The van der Waals surface area contributed by atoms with Crippen molar-refractivity contribution in [2.24, 2.45) is 5.41 Å². The average Bonchev–Trinajstić information content (AvgIpc) is 2.65. The molecule has 1 aromatic heterocycles. The van der Waals surface area contributed by atoms with Crippen LogP contribution in [0.25, 0.3) is 0 Å². The summed E-state index contributed by atoms with van der Waals surface area (Å²) in [6.07, 6.45) is 6.43. The van der Waals surface area contributed by atoms with E-state index in [2.05, 4.69) is 5.10 Å². The number of hydroxylamine groups is 2. The fourth-order valence-electron chi connectivity index (χ4n) is 2.21. The Labute approximate surface area is 119 Å². The molecule has 0 aromatic carbocycles. The lowest BCUT2D eigenvalue weighted by Crippen LogP contribution is -2.34. The Kier molecular flexibility index (Phi) is 4.32. The van der Waals surface area contributed by atoms with Crippen LogP contribution in [-0.2, 0) is 9.63 Å². The van der Waals surface area contributed by atoms with Crippen molar-refractivity contribution >= 4 is 11.7 Å². The molecule has 1 saturated heterocycles. The smallest absolute Gasteiger partial charge is 0.330 e. The second-order valence-electron chi connectivity index (χ2n) is 6.40. The van der Waals surface area contributed by atoms with Crippen LogP contribution in [0.15, 0.2) is 12.4 Å². The number of rotatable bonds is 2. The Morgan fingerprint density at radius 3 is 2.75 bits per heavy atom. The zero-order valence-electron chi connectivity index (χ0n) is 12.5. The normalized spacial score (nSPS) is 21.4. The summed E-state index contributed by atoms with van der Waals surface area (Å²) < 4.78 is 1.92. The number of anilines is 1. The molecule has 1 atom stereocenters. The summed E-state index contributed by atoms with van der Waals surface area (Å²) >= 11 is 0. The van der Waals surface area contributed by atoms with Crippen molar-refractivity contribution in [1.29, 1.82) is 0 Å². The van der Waals surface area contributed by atoms with Crippen LogP contribution in [-0.4, -0.2) is 33.9 Å². The fraction of sp³-hybridized carbons (Fsp3) is 0.714. The molecule has 6 nitrogen and oxygen atoms in total. The van der Waals surface area contributed by atoms with Crippen LogP contribution in [0.4, 0.5) is 5.69 Å². The van der Waals surface area contributed by atoms with Gasteiger partial charge in [-0.1, -0.05) is 0 Å². The van der Waals surface area contributed by atoms with E-state index in [9.17, 15) is 4.79 Å². The number of nitrogen functional groups attached to an aromatic ring is 1. The van der Waals surface area contributed by atoms with Gasteiger partial charge in [0.25, 0.3) is 0 Å². The standard InChI is InChI=1S/C14H24N4O2/c1-14(2,3)13(19)20-17-7-4-5-12(6-8-17)18-10-11(15)9-16-18/h9-10,12H,4-8,15H2,1-3H3. The number of carbonyl (C=O) groups excluding carboxylic acids is 1. The first-order valence-corrected chi connectivity index (χ1v) is 7.13. The van der Waals surface area contributed by atoms with Gasteiger partial charge in [0.2, 0.25) is 0 Å². The first-order valence-electron chi connectivity index (χ1n) is 7.13. The summed E-state index contributed by atoms with van der Waals surface area (Å²) in [5.74, 6) is -0.181. The summed E-state index contributed by atoms with van der Waals surface area (Å²) in [4.78, 5) is 17.4. The van der Waals surface area contributed by atoms with E-state index in [1.807, 2.05) is 31.6 Å². The van der Waals surface area contributed by atoms with E-state index in [0.717, 1.165) is 32.4 Å². The van der Waals surface area contributed by atoms with Crippen LogP contribution >= 0.6 is 0 Å². The van der Waals surface area contributed by atoms with Crippen LogP contribution in [0.1, 0.15) is 46.1 Å². The minimum atomic E-state index is -0.470. The highest BCUT2D eigenvalue weighted by Crippen LogP contribution is 2.24. The van der Waals surface area contributed by atoms with Gasteiger partial charge in [-0.25, -0.2) is 4.79 Å². The van der Waals surface area contributed by atoms with Crippen molar-refractivity contribution in [2.45, 2.75) is 46.1 Å². The van der Waals surface area contributed by atoms with E-state index in [1.165, 1.54) is 0 Å². The van der Waals surface area contributed by atoms with Gasteiger partial charge in [0.15, 0.2) is 0 Å². The summed E-state index contributed by atoms with van der Waals surface area (Å²) in [5, 5.41) is 6.05. The van der Waals surface area contributed by atoms with E-state index >= 15 is 0 Å². The molecule has 1 aromatic rings. The van der Waals surface area contributed by atoms with Crippen LogP contribution in [0, 0.1) is 5.41 Å². The van der Waals surface area contributed by atoms with Crippen molar-refractivity contribution in [1.82, 2.24) is 14.8 Å². The van der Waals surface area contributed by atoms with E-state index in [0.29, 0.717) is 11.7 Å². The van der Waals surface area contributed by atoms with Crippen molar-refractivity contribution < 1.29 is 9.63 Å². The Morgan fingerprint density at radius 1 is 1.40 bits per heavy atom. The number of aromatic nitrogens is 2. The molecule has 0 spiro atoms. The third kappa shape index (κ3) is 3.72. The van der Waals surface area contributed by atoms with E-state index < -0.39 is 5.41 Å². The average molecular weight is 280 g/mol. The number of nitrogens with zero attached hydrogens (tertiary/aromatic N) is 3. The maximum absolute atomic E-state index is 11.9. The predicted molar refractivity (Wildman–Crippen MR) is 76.6 cm³/mol. The van der Waals surface area contributed by atoms with Crippen LogP contribution in [0.5, 0.6) is 0 Å². The van der Waals surface area contributed by atoms with Crippen molar-refractivity contribution in [2.75, 3.05) is 18.8 Å². The van der Waals surface area contributed by atoms with Crippen LogP contribution in [0.3, 0.4) is 0 Å². The highest BCUT2D eigenvalue weighted by atomic mass is 16.7. The van der Waals surface area contributed by atoms with Gasteiger partial charge in [0.1, 0.15) is 0 Å². The second-order valence-corrected chi connectivity index (χ2v) is 6.40. The Bertz CT molecular complexity index is 464. The van der Waals surface area contributed by atoms with Crippen molar-refractivity contribution in [3.63, 3.8) is 0 Å². The van der Waals surface area contributed by atoms with Crippen LogP contribution < -0.4 is 5.73 Å². The molecule has 1 aliphatic heterocycles. The first-order chi connectivity index (χ1) is 9.36. The highest BCUT2D eigenvalue weighted by molar-refractivity contribution is 5.75. The Morgan fingerprint density at radius 2 is 2.15 bits per heavy atom. The molecule has 2 heterocycles. The summed E-state index contributed by atoms with van der Waals surface area (Å²) in [6, 6.07) is 0.325. The minimum Gasteiger partial charge on any atom is -0.396 e. The molecule has 112 valence electrons. The topological polar surface area (TPSA) is 73.4 Å². The zero-order valence-corrected chi connectivity index (χ0v) is 12.5. The Balaban J connectivity index is 1.91. The molecule has 6 heteroatoms. The van der Waals surface area contributed by atoms with Gasteiger partial charge < -0.3 is 10.6 Å². The SMILES string of the molecule is CC(C)(C)C(=O)ON1CCCC(n2cc(N)cn2)CC1. The second kappa shape index (κ2) is 5.83. The first kappa shape index (κ1) is 14.8. The lowest BCUT2D eigenvalue weighted by molar-refractivity contribution is -0.200. The molecule has 0 amide bonds. The molecule has 1 unspecified atom stereocenters. The summed E-state index contributed by atoms with van der Waals surface area (Å²) in [6.45, 7) is 7.09. The molecule has 2 rings (SSSR count). The molecule has 0 radical (unpaired) electrons. The van der Waals surface area contributed by atoms with Gasteiger partial charge in [0, 0.05) is 19.3 Å². The lowest BCUT2D eigenvalue weighted by atomic mass is 9.98. The van der Waals surface area contributed by atoms with E-state index in [1.54, 1.807) is 11.3 Å². The third-order valence-electron chi connectivity index (χ3n) is 3.48. The number of carbonyl (C=O) groups is 1. The van der Waals surface area contributed by atoms with Gasteiger partial charge >= 0.3 is 5.97 Å². The summed E-state index contributed by atoms with van der Waals surface area (Å²) in [7, 11) is 0. The molecule has 0 bridgehead atoms. The Hall–Kier alpha value is -1.56. The maximum atomic E-state index is 11.9. The summed E-state index contributed by atoms with van der Waals surface area (Å²) in [5.41, 5.74) is 5.92. The molecular formula is C14H24N4O2. The zero-order chi connectivity index (χ0) is 14.8. The van der Waals surface area contributed by atoms with Gasteiger partial charge in [-0.2, -0.15) is 5.10 Å². The maximum Gasteiger partial charge on any atom is 0.330 e.